The topological polar surface area (TPSA) is 98.1 Å². The van der Waals surface area contributed by atoms with E-state index in [1.165, 1.54) is 11.1 Å². The van der Waals surface area contributed by atoms with Gasteiger partial charge in [-0.1, -0.05) is 0 Å². The summed E-state index contributed by atoms with van der Waals surface area (Å²) >= 11 is 0. The predicted molar refractivity (Wildman–Crippen MR) is 103 cm³/mol. The molecule has 2 amide bonds. The van der Waals surface area contributed by atoms with Crippen LogP contribution in [0.25, 0.3) is 0 Å². The Balaban J connectivity index is 1.89. The van der Waals surface area contributed by atoms with E-state index in [1.54, 1.807) is 18.2 Å². The van der Waals surface area contributed by atoms with Crippen LogP contribution in [0.15, 0.2) is 12.4 Å². The van der Waals surface area contributed by atoms with Gasteiger partial charge in [-0.3, -0.25) is 14.6 Å². The number of aryl methyl sites for hydroxylation is 1. The number of methoxy groups -OCH3 is 1. The van der Waals surface area contributed by atoms with Gasteiger partial charge >= 0.3 is 0 Å². The number of rotatable bonds is 11. The van der Waals surface area contributed by atoms with E-state index in [0.29, 0.717) is 31.9 Å². The van der Waals surface area contributed by atoms with Crippen molar-refractivity contribution in [1.82, 2.24) is 20.2 Å². The maximum Gasteiger partial charge on any atom is 0.274 e. The number of amides is 2. The fourth-order valence-electron chi connectivity index (χ4n) is 2.95. The SMILES string of the molecule is COCCCNC(=O)CCN(CC[NH+]1CCOCC1)C(=O)c1cnc(C)cn1. The van der Waals surface area contributed by atoms with Crippen LogP contribution in [-0.2, 0) is 14.3 Å². The van der Waals surface area contributed by atoms with E-state index in [-0.39, 0.29) is 18.2 Å². The Kier molecular flexibility index (Phi) is 9.81. The molecule has 2 N–H and O–H groups in total. The molecule has 0 aliphatic carbocycles. The average Bonchev–Trinajstić information content (AvgIpc) is 2.72. The zero-order valence-corrected chi connectivity index (χ0v) is 16.9. The van der Waals surface area contributed by atoms with Crippen molar-refractivity contribution in [3.8, 4) is 0 Å². The number of carbonyl (C=O) groups excluding carboxylic acids is 2. The van der Waals surface area contributed by atoms with Crippen molar-refractivity contribution in [3.05, 3.63) is 23.8 Å². The highest BCUT2D eigenvalue weighted by Gasteiger charge is 2.21. The molecule has 0 unspecified atom stereocenters. The monoisotopic (exact) mass is 394 g/mol. The van der Waals surface area contributed by atoms with Gasteiger partial charge in [0, 0.05) is 39.4 Å². The number of nitrogens with one attached hydrogen (secondary N) is 2. The minimum absolute atomic E-state index is 0.0670. The number of aromatic nitrogens is 2. The van der Waals surface area contributed by atoms with Crippen molar-refractivity contribution in [1.29, 1.82) is 0 Å². The standard InChI is InChI=1S/C19H31N5O4/c1-16-14-22-17(15-21-16)19(26)24(8-7-23-9-12-28-13-10-23)6-4-18(25)20-5-3-11-27-2/h14-15H,3-13H2,1-2H3,(H,20,25)/p+1. The summed E-state index contributed by atoms with van der Waals surface area (Å²) in [4.78, 5) is 36.4. The number of hydrogen-bond acceptors (Lipinski definition) is 6. The first-order valence-corrected chi connectivity index (χ1v) is 9.85. The quantitative estimate of drug-likeness (QED) is 0.452. The van der Waals surface area contributed by atoms with Gasteiger partial charge in [0.25, 0.3) is 5.91 Å². The van der Waals surface area contributed by atoms with Crippen molar-refractivity contribution in [2.45, 2.75) is 19.8 Å². The lowest BCUT2D eigenvalue weighted by Crippen LogP contribution is -3.14. The van der Waals surface area contributed by atoms with Crippen LogP contribution in [0.2, 0.25) is 0 Å². The van der Waals surface area contributed by atoms with Gasteiger partial charge in [-0.15, -0.1) is 0 Å². The number of quaternary nitrogens is 1. The fraction of sp³-hybridized carbons (Fsp3) is 0.684. The highest BCUT2D eigenvalue weighted by molar-refractivity contribution is 5.92. The largest absolute Gasteiger partial charge is 0.385 e. The first-order valence-electron chi connectivity index (χ1n) is 9.85. The molecule has 0 bridgehead atoms. The lowest BCUT2D eigenvalue weighted by atomic mass is 10.3. The van der Waals surface area contributed by atoms with Gasteiger partial charge in [-0.05, 0) is 13.3 Å². The summed E-state index contributed by atoms with van der Waals surface area (Å²) in [5, 5.41) is 2.86. The number of carbonyl (C=O) groups is 2. The number of ether oxygens (including phenoxy) is 2. The Morgan fingerprint density at radius 1 is 1.25 bits per heavy atom. The molecule has 0 spiro atoms. The summed E-state index contributed by atoms with van der Waals surface area (Å²) in [5.41, 5.74) is 1.07. The summed E-state index contributed by atoms with van der Waals surface area (Å²) in [7, 11) is 1.63. The summed E-state index contributed by atoms with van der Waals surface area (Å²) in [6.45, 7) is 8.13. The molecule has 156 valence electrons. The van der Waals surface area contributed by atoms with E-state index in [4.69, 9.17) is 9.47 Å². The second-order valence-electron chi connectivity index (χ2n) is 6.89. The number of morpholine rings is 1. The molecule has 2 rings (SSSR count). The zero-order valence-electron chi connectivity index (χ0n) is 16.9. The summed E-state index contributed by atoms with van der Waals surface area (Å²) in [6, 6.07) is 0. The molecule has 0 saturated carbocycles. The van der Waals surface area contributed by atoms with Crippen LogP contribution in [0.5, 0.6) is 0 Å². The summed E-state index contributed by atoms with van der Waals surface area (Å²) in [6.07, 6.45) is 4.11. The van der Waals surface area contributed by atoms with Gasteiger partial charge in [0.2, 0.25) is 5.91 Å². The third kappa shape index (κ3) is 7.87. The first-order chi connectivity index (χ1) is 13.6. The molecule has 9 nitrogen and oxygen atoms in total. The van der Waals surface area contributed by atoms with Crippen molar-refractivity contribution < 1.29 is 24.0 Å². The highest BCUT2D eigenvalue weighted by atomic mass is 16.5. The maximum atomic E-state index is 12.9. The third-order valence-corrected chi connectivity index (χ3v) is 4.68. The molecule has 1 aromatic rings. The molecule has 2 heterocycles. The molecular weight excluding hydrogens is 362 g/mol. The molecular formula is C19H32N5O4+. The van der Waals surface area contributed by atoms with Crippen molar-refractivity contribution >= 4 is 11.8 Å². The lowest BCUT2D eigenvalue weighted by Gasteiger charge is -2.27. The van der Waals surface area contributed by atoms with E-state index in [0.717, 1.165) is 45.0 Å². The lowest BCUT2D eigenvalue weighted by molar-refractivity contribution is -0.907. The van der Waals surface area contributed by atoms with E-state index in [2.05, 4.69) is 15.3 Å². The normalized spacial score (nSPS) is 14.6. The minimum atomic E-state index is -0.188. The second kappa shape index (κ2) is 12.4. The summed E-state index contributed by atoms with van der Waals surface area (Å²) in [5.74, 6) is -0.255. The fourth-order valence-corrected chi connectivity index (χ4v) is 2.95. The Hall–Kier alpha value is -2.10. The van der Waals surface area contributed by atoms with Gasteiger partial charge in [-0.2, -0.15) is 0 Å². The highest BCUT2D eigenvalue weighted by Crippen LogP contribution is 2.02. The van der Waals surface area contributed by atoms with E-state index in [9.17, 15) is 9.59 Å². The molecule has 0 radical (unpaired) electrons. The minimum Gasteiger partial charge on any atom is -0.385 e. The van der Waals surface area contributed by atoms with E-state index >= 15 is 0 Å². The van der Waals surface area contributed by atoms with Gasteiger partial charge in [0.15, 0.2) is 0 Å². The van der Waals surface area contributed by atoms with Gasteiger partial charge in [0.05, 0.1) is 38.2 Å². The van der Waals surface area contributed by atoms with Crippen molar-refractivity contribution in [2.24, 2.45) is 0 Å². The summed E-state index contributed by atoms with van der Waals surface area (Å²) < 4.78 is 10.4. The van der Waals surface area contributed by atoms with Gasteiger partial charge in [0.1, 0.15) is 18.8 Å². The van der Waals surface area contributed by atoms with Gasteiger partial charge < -0.3 is 24.6 Å². The molecule has 9 heteroatoms. The van der Waals surface area contributed by atoms with Crippen LogP contribution in [0.4, 0.5) is 0 Å². The van der Waals surface area contributed by atoms with Crippen LogP contribution in [0, 0.1) is 6.92 Å². The third-order valence-electron chi connectivity index (χ3n) is 4.68. The van der Waals surface area contributed by atoms with E-state index in [1.807, 2.05) is 6.92 Å². The van der Waals surface area contributed by atoms with Crippen LogP contribution in [0.1, 0.15) is 29.0 Å². The van der Waals surface area contributed by atoms with Crippen molar-refractivity contribution in [3.63, 3.8) is 0 Å². The Labute approximate surface area is 166 Å². The van der Waals surface area contributed by atoms with Crippen LogP contribution < -0.4 is 10.2 Å². The number of hydrogen-bond donors (Lipinski definition) is 2. The smallest absolute Gasteiger partial charge is 0.274 e. The molecule has 1 fully saturated rings. The molecule has 0 atom stereocenters. The molecule has 1 aliphatic rings. The molecule has 1 saturated heterocycles. The maximum absolute atomic E-state index is 12.9. The predicted octanol–water partition coefficient (Wildman–Crippen LogP) is -1.31. The van der Waals surface area contributed by atoms with Gasteiger partial charge in [-0.25, -0.2) is 4.98 Å². The molecule has 28 heavy (non-hydrogen) atoms. The Bertz CT molecular complexity index is 605. The van der Waals surface area contributed by atoms with Crippen LogP contribution in [0.3, 0.4) is 0 Å². The Morgan fingerprint density at radius 2 is 2.04 bits per heavy atom. The van der Waals surface area contributed by atoms with Crippen LogP contribution >= 0.6 is 0 Å². The Morgan fingerprint density at radius 3 is 2.71 bits per heavy atom. The average molecular weight is 394 g/mol. The van der Waals surface area contributed by atoms with E-state index < -0.39 is 0 Å². The first kappa shape index (κ1) is 22.2. The zero-order chi connectivity index (χ0) is 20.2. The second-order valence-corrected chi connectivity index (χ2v) is 6.89. The van der Waals surface area contributed by atoms with Crippen LogP contribution in [-0.4, -0.2) is 92.9 Å². The molecule has 0 aromatic carbocycles. The molecule has 1 aliphatic heterocycles. The van der Waals surface area contributed by atoms with Crippen molar-refractivity contribution in [2.75, 3.05) is 66.2 Å². The number of nitrogens with zero attached hydrogens (tertiary/aromatic N) is 3. The molecule has 1 aromatic heterocycles.